The van der Waals surface area contributed by atoms with Crippen LogP contribution in [0.4, 0.5) is 0 Å². The first-order valence-corrected chi connectivity index (χ1v) is 7.86. The van der Waals surface area contributed by atoms with Crippen molar-refractivity contribution in [2.24, 2.45) is 0 Å². The molecule has 0 aliphatic rings. The molecule has 2 rings (SSSR count). The largest absolute Gasteiger partial charge is 0.304 e. The third-order valence-corrected chi connectivity index (χ3v) is 4.53. The fourth-order valence-electron chi connectivity index (χ4n) is 2.60. The Morgan fingerprint density at radius 2 is 1.62 bits per heavy atom. The molecule has 1 atom stereocenters. The van der Waals surface area contributed by atoms with E-state index in [1.165, 1.54) is 7.11 Å². The van der Waals surface area contributed by atoms with Gasteiger partial charge >= 0.3 is 0 Å². The summed E-state index contributed by atoms with van der Waals surface area (Å²) in [6.07, 6.45) is 0. The van der Waals surface area contributed by atoms with Gasteiger partial charge in [0, 0.05) is 18.2 Å². The van der Waals surface area contributed by atoms with Gasteiger partial charge in [-0.15, -0.1) is 0 Å². The molecule has 0 N–H and O–H groups in total. The lowest BCUT2D eigenvalue weighted by Crippen LogP contribution is -2.15. The first-order chi connectivity index (χ1) is 9.95. The maximum absolute atomic E-state index is 12.9. The van der Waals surface area contributed by atoms with Gasteiger partial charge in [0.15, 0.2) is 5.78 Å². The molecule has 3 nitrogen and oxygen atoms in total. The quantitative estimate of drug-likeness (QED) is 0.636. The Kier molecular flexibility index (Phi) is 4.66. The Morgan fingerprint density at radius 1 is 1.05 bits per heavy atom. The second kappa shape index (κ2) is 6.30. The standard InChI is InChI=1S/C17H18O3P/c1-11-9-12(2)16(13(3)10-11)17(18)14-7-5-6-8-15(14)21(19)20-4/h5-10H,1-4H3. The first kappa shape index (κ1) is 15.6. The second-order valence-electron chi connectivity index (χ2n) is 5.06. The highest BCUT2D eigenvalue weighted by atomic mass is 31.1. The van der Waals surface area contributed by atoms with Gasteiger partial charge in [-0.2, -0.15) is 0 Å². The summed E-state index contributed by atoms with van der Waals surface area (Å²) < 4.78 is 16.9. The monoisotopic (exact) mass is 301 g/mol. The Balaban J connectivity index is 2.59. The van der Waals surface area contributed by atoms with Crippen molar-refractivity contribution in [3.05, 3.63) is 64.2 Å². The molecule has 0 aliphatic heterocycles. The minimum Gasteiger partial charge on any atom is -0.304 e. The summed E-state index contributed by atoms with van der Waals surface area (Å²) >= 11 is 0. The highest BCUT2D eigenvalue weighted by Crippen LogP contribution is 2.25. The molecule has 4 heteroatoms. The summed E-state index contributed by atoms with van der Waals surface area (Å²) in [7, 11) is -0.636. The van der Waals surface area contributed by atoms with Gasteiger partial charge in [-0.25, -0.2) is 0 Å². The normalized spacial score (nSPS) is 11.3. The van der Waals surface area contributed by atoms with E-state index in [0.29, 0.717) is 16.4 Å². The number of rotatable bonds is 4. The molecule has 1 radical (unpaired) electrons. The maximum Gasteiger partial charge on any atom is 0.247 e. The van der Waals surface area contributed by atoms with Crippen LogP contribution in [0.2, 0.25) is 0 Å². The van der Waals surface area contributed by atoms with Gasteiger partial charge in [-0.05, 0) is 44.0 Å². The molecule has 0 bridgehead atoms. The molecule has 0 heterocycles. The Hall–Kier alpha value is -1.83. The highest BCUT2D eigenvalue weighted by Gasteiger charge is 2.20. The zero-order valence-electron chi connectivity index (χ0n) is 12.6. The van der Waals surface area contributed by atoms with Crippen LogP contribution in [-0.4, -0.2) is 12.9 Å². The van der Waals surface area contributed by atoms with E-state index in [9.17, 15) is 9.36 Å². The lowest BCUT2D eigenvalue weighted by Gasteiger charge is -2.12. The summed E-state index contributed by atoms with van der Waals surface area (Å²) in [5.41, 5.74) is 4.10. The number of benzene rings is 2. The molecule has 1 unspecified atom stereocenters. The molecule has 0 fully saturated rings. The van der Waals surface area contributed by atoms with Crippen LogP contribution in [0.1, 0.15) is 32.6 Å². The maximum atomic E-state index is 12.9. The van der Waals surface area contributed by atoms with E-state index in [-0.39, 0.29) is 5.78 Å². The Bertz CT molecular complexity index is 697. The molecule has 21 heavy (non-hydrogen) atoms. The zero-order chi connectivity index (χ0) is 15.6. The van der Waals surface area contributed by atoms with Crippen LogP contribution >= 0.6 is 8.03 Å². The topological polar surface area (TPSA) is 43.4 Å². The van der Waals surface area contributed by atoms with E-state index in [2.05, 4.69) is 0 Å². The third-order valence-electron chi connectivity index (χ3n) is 3.42. The van der Waals surface area contributed by atoms with Crippen molar-refractivity contribution in [2.45, 2.75) is 20.8 Å². The first-order valence-electron chi connectivity index (χ1n) is 6.68. The lowest BCUT2D eigenvalue weighted by molar-refractivity contribution is 0.103. The zero-order valence-corrected chi connectivity index (χ0v) is 13.5. The van der Waals surface area contributed by atoms with Crippen molar-refractivity contribution >= 4 is 19.1 Å². The molecule has 0 amide bonds. The van der Waals surface area contributed by atoms with Gasteiger partial charge in [-0.3, -0.25) is 9.36 Å². The molecule has 109 valence electrons. The second-order valence-corrected chi connectivity index (χ2v) is 6.42. The minimum atomic E-state index is -2.01. The molecular weight excluding hydrogens is 283 g/mol. The van der Waals surface area contributed by atoms with Gasteiger partial charge in [0.25, 0.3) is 0 Å². The Morgan fingerprint density at radius 3 is 2.19 bits per heavy atom. The van der Waals surface area contributed by atoms with Gasteiger partial charge in [0.1, 0.15) is 0 Å². The minimum absolute atomic E-state index is 0.110. The van der Waals surface area contributed by atoms with Gasteiger partial charge in [-0.1, -0.05) is 29.8 Å². The smallest absolute Gasteiger partial charge is 0.247 e. The van der Waals surface area contributed by atoms with Crippen LogP contribution in [0.3, 0.4) is 0 Å². The predicted octanol–water partition coefficient (Wildman–Crippen LogP) is 3.86. The highest BCUT2D eigenvalue weighted by molar-refractivity contribution is 7.48. The molecule has 0 saturated heterocycles. The summed E-state index contributed by atoms with van der Waals surface area (Å²) in [5, 5.41) is 0.444. The van der Waals surface area contributed by atoms with E-state index in [0.717, 1.165) is 16.7 Å². The van der Waals surface area contributed by atoms with Crippen molar-refractivity contribution in [1.82, 2.24) is 0 Å². The van der Waals surface area contributed by atoms with Crippen molar-refractivity contribution < 1.29 is 13.9 Å². The van der Waals surface area contributed by atoms with E-state index in [4.69, 9.17) is 4.52 Å². The number of carbonyl (C=O) groups excluding carboxylic acids is 1. The molecule has 0 aliphatic carbocycles. The third kappa shape index (κ3) is 3.10. The molecule has 2 aromatic carbocycles. The van der Waals surface area contributed by atoms with Crippen LogP contribution in [-0.2, 0) is 9.09 Å². The van der Waals surface area contributed by atoms with Crippen molar-refractivity contribution in [3.8, 4) is 0 Å². The summed E-state index contributed by atoms with van der Waals surface area (Å²) in [5.74, 6) is -0.110. The summed E-state index contributed by atoms with van der Waals surface area (Å²) in [6, 6.07) is 10.9. The van der Waals surface area contributed by atoms with Crippen LogP contribution in [0.25, 0.3) is 0 Å². The van der Waals surface area contributed by atoms with Crippen LogP contribution < -0.4 is 5.30 Å². The number of ketones is 1. The number of carbonyl (C=O) groups is 1. The molecule has 0 spiro atoms. The van der Waals surface area contributed by atoms with E-state index >= 15 is 0 Å². The van der Waals surface area contributed by atoms with Crippen LogP contribution in [0.15, 0.2) is 36.4 Å². The van der Waals surface area contributed by atoms with E-state index < -0.39 is 8.03 Å². The van der Waals surface area contributed by atoms with Gasteiger partial charge < -0.3 is 4.52 Å². The van der Waals surface area contributed by atoms with Crippen molar-refractivity contribution in [3.63, 3.8) is 0 Å². The molecule has 0 saturated carbocycles. The SMILES string of the molecule is CO[P](=O)c1ccccc1C(=O)c1c(C)cc(C)cc1C. The molecule has 0 aromatic heterocycles. The number of aryl methyl sites for hydroxylation is 3. The summed E-state index contributed by atoms with van der Waals surface area (Å²) in [6.45, 7) is 5.85. The predicted molar refractivity (Wildman–Crippen MR) is 84.8 cm³/mol. The van der Waals surface area contributed by atoms with Crippen molar-refractivity contribution in [1.29, 1.82) is 0 Å². The fourth-order valence-corrected chi connectivity index (χ4v) is 3.37. The average Bonchev–Trinajstić information content (AvgIpc) is 2.45. The van der Waals surface area contributed by atoms with Crippen LogP contribution in [0.5, 0.6) is 0 Å². The van der Waals surface area contributed by atoms with Gasteiger partial charge in [0.2, 0.25) is 8.03 Å². The van der Waals surface area contributed by atoms with Gasteiger partial charge in [0.05, 0.1) is 5.30 Å². The molecular formula is C17H18O3P. The van der Waals surface area contributed by atoms with E-state index in [1.807, 2.05) is 32.9 Å². The lowest BCUT2D eigenvalue weighted by atomic mass is 9.93. The van der Waals surface area contributed by atoms with Crippen molar-refractivity contribution in [2.75, 3.05) is 7.11 Å². The Labute approximate surface area is 125 Å². The van der Waals surface area contributed by atoms with Crippen LogP contribution in [0, 0.1) is 20.8 Å². The number of hydrogen-bond donors (Lipinski definition) is 0. The van der Waals surface area contributed by atoms with E-state index in [1.54, 1.807) is 24.3 Å². The fraction of sp³-hybridized carbons (Fsp3) is 0.235. The average molecular weight is 301 g/mol. The number of hydrogen-bond acceptors (Lipinski definition) is 3. The summed E-state index contributed by atoms with van der Waals surface area (Å²) in [4.78, 5) is 12.9. The molecule has 2 aromatic rings.